The van der Waals surface area contributed by atoms with E-state index in [1.54, 1.807) is 0 Å². The fourth-order valence-corrected chi connectivity index (χ4v) is 2.58. The van der Waals surface area contributed by atoms with E-state index in [4.69, 9.17) is 9.47 Å². The van der Waals surface area contributed by atoms with Crippen LogP contribution in [0.5, 0.6) is 5.75 Å². The summed E-state index contributed by atoms with van der Waals surface area (Å²) in [5.74, 6) is -1.24. The summed E-state index contributed by atoms with van der Waals surface area (Å²) in [6.07, 6.45) is 0. The van der Waals surface area contributed by atoms with Crippen LogP contribution in [-0.2, 0) is 9.53 Å². The number of esters is 1. The number of aryl methyl sites for hydroxylation is 2. The average Bonchev–Trinajstić information content (AvgIpc) is 2.67. The van der Waals surface area contributed by atoms with Gasteiger partial charge in [-0.2, -0.15) is 0 Å². The van der Waals surface area contributed by atoms with E-state index < -0.39 is 23.4 Å². The molecule has 0 aromatic heterocycles. The van der Waals surface area contributed by atoms with E-state index in [0.29, 0.717) is 0 Å². The van der Waals surface area contributed by atoms with Crippen molar-refractivity contribution < 1.29 is 24.0 Å². The number of benzene rings is 2. The van der Waals surface area contributed by atoms with Gasteiger partial charge < -0.3 is 14.8 Å². The van der Waals surface area contributed by atoms with Crippen LogP contribution in [0, 0.1) is 24.0 Å². The molecule has 2 aromatic rings. The molecule has 2 aromatic carbocycles. The van der Waals surface area contributed by atoms with Crippen LogP contribution in [-0.4, -0.2) is 30.5 Å². The van der Waals surface area contributed by atoms with E-state index in [2.05, 4.69) is 5.32 Å². The van der Waals surface area contributed by atoms with Gasteiger partial charge in [0.15, 0.2) is 6.61 Å². The van der Waals surface area contributed by atoms with Crippen molar-refractivity contribution in [1.29, 1.82) is 0 Å². The molecule has 28 heavy (non-hydrogen) atoms. The third kappa shape index (κ3) is 5.06. The molecule has 0 bridgehead atoms. The van der Waals surface area contributed by atoms with Crippen molar-refractivity contribution in [2.24, 2.45) is 0 Å². The second-order valence-corrected chi connectivity index (χ2v) is 6.35. The zero-order chi connectivity index (χ0) is 20.8. The molecule has 1 N–H and O–H groups in total. The largest absolute Gasteiger partial charge is 0.496 e. The molecule has 0 aliphatic heterocycles. The van der Waals surface area contributed by atoms with Crippen molar-refractivity contribution >= 4 is 17.6 Å². The zero-order valence-corrected chi connectivity index (χ0v) is 16.1. The minimum absolute atomic E-state index is 0.119. The molecule has 1 atom stereocenters. The Balaban J connectivity index is 2.00. The maximum Gasteiger partial charge on any atom is 0.342 e. The quantitative estimate of drug-likeness (QED) is 0.445. The number of carbonyl (C=O) groups is 2. The van der Waals surface area contributed by atoms with E-state index in [1.807, 2.05) is 39.0 Å². The normalized spacial score (nSPS) is 11.4. The Bertz CT molecular complexity index is 910. The summed E-state index contributed by atoms with van der Waals surface area (Å²) >= 11 is 0. The fourth-order valence-electron chi connectivity index (χ4n) is 2.58. The fraction of sp³-hybridized carbons (Fsp3) is 0.300. The number of nitro groups is 1. The Hall–Kier alpha value is -3.42. The molecule has 0 fully saturated rings. The number of hydrogen-bond acceptors (Lipinski definition) is 6. The lowest BCUT2D eigenvalue weighted by Gasteiger charge is -2.16. The number of amides is 1. The second kappa shape index (κ2) is 8.98. The van der Waals surface area contributed by atoms with Crippen molar-refractivity contribution in [3.8, 4) is 5.75 Å². The molecule has 8 nitrogen and oxygen atoms in total. The highest BCUT2D eigenvalue weighted by Gasteiger charge is 2.20. The van der Waals surface area contributed by atoms with E-state index in [9.17, 15) is 19.7 Å². The van der Waals surface area contributed by atoms with Gasteiger partial charge in [-0.25, -0.2) is 4.79 Å². The number of nitro benzene ring substituents is 1. The molecule has 1 amide bonds. The molecule has 0 radical (unpaired) electrons. The molecular weight excluding hydrogens is 364 g/mol. The first-order chi connectivity index (χ1) is 13.2. The predicted molar refractivity (Wildman–Crippen MR) is 102 cm³/mol. The number of non-ortho nitro benzene ring substituents is 1. The van der Waals surface area contributed by atoms with Crippen molar-refractivity contribution in [3.05, 3.63) is 68.8 Å². The van der Waals surface area contributed by atoms with Crippen LogP contribution in [0.2, 0.25) is 0 Å². The van der Waals surface area contributed by atoms with Gasteiger partial charge in [-0.1, -0.05) is 18.2 Å². The number of nitrogens with one attached hydrogen (secondary N) is 1. The first kappa shape index (κ1) is 20.9. The molecule has 0 unspecified atom stereocenters. The van der Waals surface area contributed by atoms with Crippen LogP contribution in [0.4, 0.5) is 5.69 Å². The van der Waals surface area contributed by atoms with Gasteiger partial charge in [-0.3, -0.25) is 14.9 Å². The lowest BCUT2D eigenvalue weighted by atomic mass is 10.0. The molecule has 0 spiro atoms. The van der Waals surface area contributed by atoms with Crippen molar-refractivity contribution in [3.63, 3.8) is 0 Å². The number of methoxy groups -OCH3 is 1. The van der Waals surface area contributed by atoms with Crippen LogP contribution < -0.4 is 10.1 Å². The summed E-state index contributed by atoms with van der Waals surface area (Å²) in [5, 5.41) is 13.6. The third-order valence-corrected chi connectivity index (χ3v) is 4.36. The lowest BCUT2D eigenvalue weighted by Crippen LogP contribution is -2.31. The molecule has 0 aliphatic rings. The zero-order valence-electron chi connectivity index (χ0n) is 16.1. The Kier molecular flexibility index (Phi) is 6.70. The second-order valence-electron chi connectivity index (χ2n) is 6.35. The van der Waals surface area contributed by atoms with E-state index in [0.717, 1.165) is 22.8 Å². The Morgan fingerprint density at radius 1 is 1.14 bits per heavy atom. The first-order valence-corrected chi connectivity index (χ1v) is 8.59. The van der Waals surface area contributed by atoms with Gasteiger partial charge >= 0.3 is 5.97 Å². The van der Waals surface area contributed by atoms with Crippen LogP contribution >= 0.6 is 0 Å². The Morgan fingerprint density at radius 2 is 1.86 bits per heavy atom. The average molecular weight is 386 g/mol. The van der Waals surface area contributed by atoms with Crippen molar-refractivity contribution in [2.45, 2.75) is 26.8 Å². The number of carbonyl (C=O) groups excluding carboxylic acids is 2. The Morgan fingerprint density at radius 3 is 2.46 bits per heavy atom. The molecule has 8 heteroatoms. The van der Waals surface area contributed by atoms with Gasteiger partial charge in [0.25, 0.3) is 11.6 Å². The van der Waals surface area contributed by atoms with Crippen LogP contribution in [0.25, 0.3) is 0 Å². The highest BCUT2D eigenvalue weighted by atomic mass is 16.6. The van der Waals surface area contributed by atoms with Crippen LogP contribution in [0.1, 0.15) is 40.0 Å². The third-order valence-electron chi connectivity index (χ3n) is 4.36. The smallest absolute Gasteiger partial charge is 0.342 e. The van der Waals surface area contributed by atoms with E-state index in [1.165, 1.54) is 19.2 Å². The molecular formula is C20H22N2O6. The standard InChI is InChI=1S/C20H22N2O6/c1-12-5-6-15(9-13(12)2)14(3)21-19(23)11-28-20(24)17-10-16(22(25)26)7-8-18(17)27-4/h5-10,14H,11H2,1-4H3,(H,21,23)/t14-/m0/s1. The molecule has 0 saturated heterocycles. The monoisotopic (exact) mass is 386 g/mol. The summed E-state index contributed by atoms with van der Waals surface area (Å²) in [6, 6.07) is 9.19. The maximum absolute atomic E-state index is 12.2. The number of hydrogen-bond donors (Lipinski definition) is 1. The molecule has 0 heterocycles. The van der Waals surface area contributed by atoms with Crippen molar-refractivity contribution in [2.75, 3.05) is 13.7 Å². The summed E-state index contributed by atoms with van der Waals surface area (Å²) in [6.45, 7) is 5.30. The van der Waals surface area contributed by atoms with Gasteiger partial charge in [-0.15, -0.1) is 0 Å². The molecule has 2 rings (SSSR count). The highest BCUT2D eigenvalue weighted by Crippen LogP contribution is 2.24. The van der Waals surface area contributed by atoms with Gasteiger partial charge in [0.1, 0.15) is 11.3 Å². The van der Waals surface area contributed by atoms with Gasteiger partial charge in [0.05, 0.1) is 18.1 Å². The molecule has 0 saturated carbocycles. The molecule has 0 aliphatic carbocycles. The minimum Gasteiger partial charge on any atom is -0.496 e. The number of nitrogens with zero attached hydrogens (tertiary/aromatic N) is 1. The topological polar surface area (TPSA) is 108 Å². The van der Waals surface area contributed by atoms with Gasteiger partial charge in [0, 0.05) is 12.1 Å². The highest BCUT2D eigenvalue weighted by molar-refractivity contribution is 5.94. The minimum atomic E-state index is -0.880. The number of rotatable bonds is 7. The van der Waals surface area contributed by atoms with Crippen molar-refractivity contribution in [1.82, 2.24) is 5.32 Å². The lowest BCUT2D eigenvalue weighted by molar-refractivity contribution is -0.384. The predicted octanol–water partition coefficient (Wildman–Crippen LogP) is 3.25. The summed E-state index contributed by atoms with van der Waals surface area (Å²) in [5.41, 5.74) is 2.81. The summed E-state index contributed by atoms with van der Waals surface area (Å²) in [4.78, 5) is 34.6. The van der Waals surface area contributed by atoms with Crippen LogP contribution in [0.3, 0.4) is 0 Å². The SMILES string of the molecule is COc1ccc([N+](=O)[O-])cc1C(=O)OCC(=O)N[C@@H](C)c1ccc(C)c(C)c1. The first-order valence-electron chi connectivity index (χ1n) is 8.59. The number of ether oxygens (including phenoxy) is 2. The van der Waals surface area contributed by atoms with Crippen LogP contribution in [0.15, 0.2) is 36.4 Å². The van der Waals surface area contributed by atoms with Gasteiger partial charge in [-0.05, 0) is 43.5 Å². The summed E-state index contributed by atoms with van der Waals surface area (Å²) < 4.78 is 10.0. The Labute approximate surface area is 162 Å². The summed E-state index contributed by atoms with van der Waals surface area (Å²) in [7, 11) is 1.33. The van der Waals surface area contributed by atoms with E-state index in [-0.39, 0.29) is 23.0 Å². The van der Waals surface area contributed by atoms with Gasteiger partial charge in [0.2, 0.25) is 0 Å². The van der Waals surface area contributed by atoms with E-state index >= 15 is 0 Å². The maximum atomic E-state index is 12.2. The molecule has 148 valence electrons.